The van der Waals surface area contributed by atoms with E-state index in [1.165, 1.54) is 5.69 Å². The van der Waals surface area contributed by atoms with Crippen LogP contribution in [-0.2, 0) is 4.79 Å². The van der Waals surface area contributed by atoms with Gasteiger partial charge in [0.25, 0.3) is 0 Å². The summed E-state index contributed by atoms with van der Waals surface area (Å²) in [5.41, 5.74) is 1.21. The summed E-state index contributed by atoms with van der Waals surface area (Å²) in [6, 6.07) is 10.4. The van der Waals surface area contributed by atoms with Gasteiger partial charge in [0, 0.05) is 18.8 Å². The molecule has 15 heavy (non-hydrogen) atoms. The molecule has 1 atom stereocenters. The molecule has 1 heterocycles. The average Bonchev–Trinajstić information content (AvgIpc) is 2.31. The lowest BCUT2D eigenvalue weighted by molar-refractivity contribution is 0.498. The molecule has 3 nitrogen and oxygen atoms in total. The van der Waals surface area contributed by atoms with E-state index >= 15 is 0 Å². The van der Waals surface area contributed by atoms with Gasteiger partial charge in [-0.3, -0.25) is 0 Å². The van der Waals surface area contributed by atoms with Gasteiger partial charge in [-0.2, -0.15) is 0 Å². The maximum Gasteiger partial charge on any atom is 0.235 e. The Morgan fingerprint density at radius 2 is 2.13 bits per heavy atom. The summed E-state index contributed by atoms with van der Waals surface area (Å²) in [6.07, 6.45) is 3.74. The fraction of sp³-hybridized carbons (Fsp3) is 0.417. The highest BCUT2D eigenvalue weighted by molar-refractivity contribution is 5.46. The quantitative estimate of drug-likeness (QED) is 0.542. The van der Waals surface area contributed by atoms with Gasteiger partial charge in [0.2, 0.25) is 6.08 Å². The van der Waals surface area contributed by atoms with E-state index in [4.69, 9.17) is 0 Å². The van der Waals surface area contributed by atoms with Gasteiger partial charge in [-0.15, -0.1) is 0 Å². The Morgan fingerprint density at radius 1 is 1.33 bits per heavy atom. The summed E-state index contributed by atoms with van der Waals surface area (Å²) in [5, 5.41) is 0. The van der Waals surface area contributed by atoms with Crippen molar-refractivity contribution in [3.63, 3.8) is 0 Å². The van der Waals surface area contributed by atoms with Crippen LogP contribution in [0, 0.1) is 0 Å². The van der Waals surface area contributed by atoms with Gasteiger partial charge in [-0.05, 0) is 25.0 Å². The van der Waals surface area contributed by atoms with Gasteiger partial charge >= 0.3 is 0 Å². The summed E-state index contributed by atoms with van der Waals surface area (Å²) in [6.45, 7) is 1.88. The third kappa shape index (κ3) is 2.45. The molecular weight excluding hydrogens is 188 g/mol. The number of anilines is 1. The molecule has 1 aliphatic heterocycles. The van der Waals surface area contributed by atoms with E-state index in [0.717, 1.165) is 25.9 Å². The highest BCUT2D eigenvalue weighted by atomic mass is 16.1. The molecular formula is C12H14N2O. The number of nitrogens with zero attached hydrogens (tertiary/aromatic N) is 2. The van der Waals surface area contributed by atoms with Gasteiger partial charge in [-0.1, -0.05) is 18.2 Å². The van der Waals surface area contributed by atoms with Gasteiger partial charge in [0.05, 0.1) is 6.04 Å². The Labute approximate surface area is 89.4 Å². The van der Waals surface area contributed by atoms with E-state index in [1.807, 2.05) is 18.2 Å². The molecule has 0 aliphatic carbocycles. The lowest BCUT2D eigenvalue weighted by Gasteiger charge is -2.31. The van der Waals surface area contributed by atoms with Crippen LogP contribution in [-0.4, -0.2) is 25.2 Å². The van der Waals surface area contributed by atoms with Gasteiger partial charge < -0.3 is 4.90 Å². The van der Waals surface area contributed by atoms with Gasteiger partial charge in [-0.25, -0.2) is 9.79 Å². The maximum absolute atomic E-state index is 10.2. The maximum atomic E-state index is 10.2. The second-order valence-corrected chi connectivity index (χ2v) is 3.80. The smallest absolute Gasteiger partial charge is 0.235 e. The number of hydrogen-bond acceptors (Lipinski definition) is 3. The number of carbonyl (C=O) groups excluding carboxylic acids is 1. The lowest BCUT2D eigenvalue weighted by Crippen LogP contribution is -2.37. The van der Waals surface area contributed by atoms with Crippen LogP contribution in [0.5, 0.6) is 0 Å². The summed E-state index contributed by atoms with van der Waals surface area (Å²) >= 11 is 0. The molecule has 0 N–H and O–H groups in total. The van der Waals surface area contributed by atoms with E-state index < -0.39 is 0 Å². The number of para-hydroxylation sites is 1. The zero-order chi connectivity index (χ0) is 10.5. The molecule has 0 aromatic heterocycles. The monoisotopic (exact) mass is 202 g/mol. The van der Waals surface area contributed by atoms with Crippen molar-refractivity contribution in [2.45, 2.75) is 18.9 Å². The van der Waals surface area contributed by atoms with Crippen LogP contribution >= 0.6 is 0 Å². The molecule has 0 spiro atoms. The fourth-order valence-corrected chi connectivity index (χ4v) is 2.01. The second kappa shape index (κ2) is 4.76. The van der Waals surface area contributed by atoms with Crippen molar-refractivity contribution in [1.29, 1.82) is 0 Å². The SMILES string of the molecule is O=C=NC1CCCN(c2ccccc2)C1. The van der Waals surface area contributed by atoms with Gasteiger partial charge in [0.15, 0.2) is 0 Å². The molecule has 1 saturated heterocycles. The van der Waals surface area contributed by atoms with Crippen molar-refractivity contribution >= 4 is 11.8 Å². The predicted molar refractivity (Wildman–Crippen MR) is 59.8 cm³/mol. The lowest BCUT2D eigenvalue weighted by atomic mass is 10.1. The Balaban J connectivity index is 2.07. The van der Waals surface area contributed by atoms with Crippen LogP contribution in [0.4, 0.5) is 5.69 Å². The first-order chi connectivity index (χ1) is 7.40. The standard InChI is InChI=1S/C12H14N2O/c15-10-13-11-5-4-8-14(9-11)12-6-2-1-3-7-12/h1-3,6-7,11H,4-5,8-9H2. The number of hydrogen-bond donors (Lipinski definition) is 0. The van der Waals surface area contributed by atoms with E-state index in [9.17, 15) is 4.79 Å². The second-order valence-electron chi connectivity index (χ2n) is 3.80. The predicted octanol–water partition coefficient (Wildman–Crippen LogP) is 1.99. The Morgan fingerprint density at radius 3 is 2.87 bits per heavy atom. The molecule has 1 fully saturated rings. The minimum Gasteiger partial charge on any atom is -0.369 e. The molecule has 1 aromatic rings. The highest BCUT2D eigenvalue weighted by Crippen LogP contribution is 2.20. The number of rotatable bonds is 2. The molecule has 0 bridgehead atoms. The zero-order valence-electron chi connectivity index (χ0n) is 8.60. The fourth-order valence-electron chi connectivity index (χ4n) is 2.01. The molecule has 1 unspecified atom stereocenters. The first kappa shape index (κ1) is 9.94. The molecule has 0 saturated carbocycles. The van der Waals surface area contributed by atoms with E-state index in [-0.39, 0.29) is 6.04 Å². The van der Waals surface area contributed by atoms with Crippen molar-refractivity contribution in [2.24, 2.45) is 4.99 Å². The van der Waals surface area contributed by atoms with Gasteiger partial charge in [0.1, 0.15) is 0 Å². The summed E-state index contributed by atoms with van der Waals surface area (Å²) in [4.78, 5) is 16.3. The van der Waals surface area contributed by atoms with E-state index in [1.54, 1.807) is 6.08 Å². The Hall–Kier alpha value is -1.60. The number of piperidine rings is 1. The van der Waals surface area contributed by atoms with Crippen LogP contribution in [0.3, 0.4) is 0 Å². The van der Waals surface area contributed by atoms with Crippen LogP contribution in [0.25, 0.3) is 0 Å². The number of aliphatic imine (C=N–C) groups is 1. The van der Waals surface area contributed by atoms with Crippen molar-refractivity contribution in [3.8, 4) is 0 Å². The van der Waals surface area contributed by atoms with Crippen molar-refractivity contribution in [2.75, 3.05) is 18.0 Å². The molecule has 1 aliphatic rings. The molecule has 0 radical (unpaired) electrons. The summed E-state index contributed by atoms with van der Waals surface area (Å²) in [5.74, 6) is 0. The van der Waals surface area contributed by atoms with Crippen molar-refractivity contribution in [1.82, 2.24) is 0 Å². The van der Waals surface area contributed by atoms with Crippen molar-refractivity contribution in [3.05, 3.63) is 30.3 Å². The van der Waals surface area contributed by atoms with Crippen molar-refractivity contribution < 1.29 is 4.79 Å². The minimum atomic E-state index is 0.122. The summed E-state index contributed by atoms with van der Waals surface area (Å²) < 4.78 is 0. The molecule has 78 valence electrons. The Bertz CT molecular complexity index is 357. The number of isocyanates is 1. The van der Waals surface area contributed by atoms with Crippen LogP contribution < -0.4 is 4.90 Å². The minimum absolute atomic E-state index is 0.122. The van der Waals surface area contributed by atoms with Crippen LogP contribution in [0.2, 0.25) is 0 Å². The normalized spacial score (nSPS) is 20.8. The molecule has 0 amide bonds. The van der Waals surface area contributed by atoms with E-state index in [0.29, 0.717) is 0 Å². The van der Waals surface area contributed by atoms with E-state index in [2.05, 4.69) is 22.0 Å². The first-order valence-electron chi connectivity index (χ1n) is 5.27. The Kier molecular flexibility index (Phi) is 3.15. The zero-order valence-corrected chi connectivity index (χ0v) is 8.60. The molecule has 1 aromatic carbocycles. The highest BCUT2D eigenvalue weighted by Gasteiger charge is 2.18. The summed E-state index contributed by atoms with van der Waals surface area (Å²) in [7, 11) is 0. The molecule has 3 heteroatoms. The van der Waals surface area contributed by atoms with Crippen LogP contribution in [0.1, 0.15) is 12.8 Å². The third-order valence-electron chi connectivity index (χ3n) is 2.75. The van der Waals surface area contributed by atoms with Crippen LogP contribution in [0.15, 0.2) is 35.3 Å². The largest absolute Gasteiger partial charge is 0.369 e. The topological polar surface area (TPSA) is 32.7 Å². The molecule has 2 rings (SSSR count). The average molecular weight is 202 g/mol. The first-order valence-corrected chi connectivity index (χ1v) is 5.27. The number of benzene rings is 1. The third-order valence-corrected chi connectivity index (χ3v) is 2.75.